The number of piperidine rings is 1. The van der Waals surface area contributed by atoms with Crippen LogP contribution in [0.25, 0.3) is 0 Å². The fourth-order valence-electron chi connectivity index (χ4n) is 2.49. The standard InChI is InChI=1S/C15H30N2/c1-5-9-16-14(4)15-7-11-17(12-8-15)10-6-13(2)3/h6,14-16H,5,7-12H2,1-4H3. The molecule has 1 rings (SSSR count). The van der Waals surface area contributed by atoms with Gasteiger partial charge >= 0.3 is 0 Å². The molecule has 2 nitrogen and oxygen atoms in total. The Kier molecular flexibility index (Phi) is 6.83. The number of hydrogen-bond donors (Lipinski definition) is 1. The molecule has 1 aliphatic rings. The van der Waals surface area contributed by atoms with E-state index in [2.05, 4.69) is 44.0 Å². The Morgan fingerprint density at radius 2 is 2.00 bits per heavy atom. The van der Waals surface area contributed by atoms with E-state index in [0.717, 1.165) is 12.5 Å². The Morgan fingerprint density at radius 1 is 1.35 bits per heavy atom. The second-order valence-corrected chi connectivity index (χ2v) is 5.66. The van der Waals surface area contributed by atoms with Crippen molar-refractivity contribution < 1.29 is 0 Å². The van der Waals surface area contributed by atoms with E-state index >= 15 is 0 Å². The minimum Gasteiger partial charge on any atom is -0.314 e. The third-order valence-corrected chi connectivity index (χ3v) is 3.81. The molecule has 100 valence electrons. The molecule has 1 unspecified atom stereocenters. The second-order valence-electron chi connectivity index (χ2n) is 5.66. The quantitative estimate of drug-likeness (QED) is 0.716. The lowest BCUT2D eigenvalue weighted by molar-refractivity contribution is 0.175. The van der Waals surface area contributed by atoms with Gasteiger partial charge < -0.3 is 5.32 Å². The first-order valence-corrected chi connectivity index (χ1v) is 7.22. The molecule has 0 amide bonds. The van der Waals surface area contributed by atoms with Crippen molar-refractivity contribution in [1.82, 2.24) is 10.2 Å². The molecule has 1 saturated heterocycles. The van der Waals surface area contributed by atoms with Gasteiger partial charge in [-0.05, 0) is 65.6 Å². The largest absolute Gasteiger partial charge is 0.314 e. The minimum atomic E-state index is 0.695. The molecule has 0 aromatic carbocycles. The zero-order valence-electron chi connectivity index (χ0n) is 12.1. The molecule has 0 spiro atoms. The van der Waals surface area contributed by atoms with E-state index in [0.29, 0.717) is 6.04 Å². The predicted octanol–water partition coefficient (Wildman–Crippen LogP) is 3.05. The Bertz CT molecular complexity index is 223. The summed E-state index contributed by atoms with van der Waals surface area (Å²) in [5.41, 5.74) is 1.44. The van der Waals surface area contributed by atoms with Gasteiger partial charge in [0.15, 0.2) is 0 Å². The summed E-state index contributed by atoms with van der Waals surface area (Å²) in [6.45, 7) is 13.8. The van der Waals surface area contributed by atoms with Gasteiger partial charge in [-0.1, -0.05) is 18.6 Å². The highest BCUT2D eigenvalue weighted by atomic mass is 15.1. The van der Waals surface area contributed by atoms with Crippen molar-refractivity contribution >= 4 is 0 Å². The lowest BCUT2D eigenvalue weighted by Crippen LogP contribution is -2.42. The molecule has 17 heavy (non-hydrogen) atoms. The van der Waals surface area contributed by atoms with Gasteiger partial charge in [-0.25, -0.2) is 0 Å². The molecule has 0 aliphatic carbocycles. The minimum absolute atomic E-state index is 0.695. The van der Waals surface area contributed by atoms with Crippen LogP contribution in [0.4, 0.5) is 0 Å². The molecule has 1 aliphatic heterocycles. The van der Waals surface area contributed by atoms with Crippen molar-refractivity contribution in [2.24, 2.45) is 5.92 Å². The summed E-state index contributed by atoms with van der Waals surface area (Å²) in [4.78, 5) is 2.58. The van der Waals surface area contributed by atoms with E-state index in [-0.39, 0.29) is 0 Å². The van der Waals surface area contributed by atoms with Crippen LogP contribution in [0.1, 0.15) is 47.0 Å². The van der Waals surface area contributed by atoms with E-state index in [1.54, 1.807) is 0 Å². The van der Waals surface area contributed by atoms with Gasteiger partial charge in [-0.15, -0.1) is 0 Å². The van der Waals surface area contributed by atoms with Crippen LogP contribution < -0.4 is 5.32 Å². The lowest BCUT2D eigenvalue weighted by atomic mass is 9.90. The topological polar surface area (TPSA) is 15.3 Å². The molecule has 1 fully saturated rings. The van der Waals surface area contributed by atoms with Crippen LogP contribution in [-0.4, -0.2) is 37.1 Å². The highest BCUT2D eigenvalue weighted by molar-refractivity contribution is 4.95. The van der Waals surface area contributed by atoms with Crippen molar-refractivity contribution in [2.45, 2.75) is 53.0 Å². The predicted molar refractivity (Wildman–Crippen MR) is 76.4 cm³/mol. The molecule has 2 heteroatoms. The normalized spacial score (nSPS) is 20.2. The first-order valence-electron chi connectivity index (χ1n) is 7.22. The van der Waals surface area contributed by atoms with Crippen LogP contribution >= 0.6 is 0 Å². The molecular formula is C15H30N2. The van der Waals surface area contributed by atoms with Crippen molar-refractivity contribution in [3.63, 3.8) is 0 Å². The van der Waals surface area contributed by atoms with Crippen LogP contribution in [0.2, 0.25) is 0 Å². The first kappa shape index (κ1) is 14.7. The maximum atomic E-state index is 3.64. The summed E-state index contributed by atoms with van der Waals surface area (Å²) in [5, 5.41) is 3.64. The highest BCUT2D eigenvalue weighted by Gasteiger charge is 2.22. The van der Waals surface area contributed by atoms with Crippen LogP contribution in [0.3, 0.4) is 0 Å². The number of likely N-dealkylation sites (tertiary alicyclic amines) is 1. The molecule has 0 saturated carbocycles. The summed E-state index contributed by atoms with van der Waals surface area (Å²) in [6.07, 6.45) is 6.30. The monoisotopic (exact) mass is 238 g/mol. The molecule has 0 radical (unpaired) electrons. The SMILES string of the molecule is CCCNC(C)C1CCN(CC=C(C)C)CC1. The second kappa shape index (κ2) is 7.88. The molecule has 1 N–H and O–H groups in total. The Hall–Kier alpha value is -0.340. The van der Waals surface area contributed by atoms with Gasteiger partial charge in [0.2, 0.25) is 0 Å². The number of allylic oxidation sites excluding steroid dienone is 1. The third-order valence-electron chi connectivity index (χ3n) is 3.81. The van der Waals surface area contributed by atoms with E-state index in [4.69, 9.17) is 0 Å². The van der Waals surface area contributed by atoms with Crippen molar-refractivity contribution in [1.29, 1.82) is 0 Å². The number of hydrogen-bond acceptors (Lipinski definition) is 2. The van der Waals surface area contributed by atoms with E-state index in [1.807, 2.05) is 0 Å². The average molecular weight is 238 g/mol. The molecule has 0 aromatic heterocycles. The van der Waals surface area contributed by atoms with Crippen LogP contribution in [0, 0.1) is 5.92 Å². The third kappa shape index (κ3) is 5.69. The fraction of sp³-hybridized carbons (Fsp3) is 0.867. The van der Waals surface area contributed by atoms with Gasteiger partial charge in [0, 0.05) is 12.6 Å². The Labute approximate surface area is 107 Å². The number of rotatable bonds is 6. The molecule has 1 heterocycles. The fourth-order valence-corrected chi connectivity index (χ4v) is 2.49. The van der Waals surface area contributed by atoms with Crippen molar-refractivity contribution in [3.05, 3.63) is 11.6 Å². The summed E-state index contributed by atoms with van der Waals surface area (Å²) < 4.78 is 0. The van der Waals surface area contributed by atoms with Crippen LogP contribution in [0.15, 0.2) is 11.6 Å². The van der Waals surface area contributed by atoms with E-state index in [1.165, 1.54) is 44.5 Å². The van der Waals surface area contributed by atoms with Gasteiger partial charge in [0.05, 0.1) is 0 Å². The summed E-state index contributed by atoms with van der Waals surface area (Å²) in [5.74, 6) is 0.879. The average Bonchev–Trinajstić information content (AvgIpc) is 2.34. The molecule has 1 atom stereocenters. The molecule has 0 aromatic rings. The maximum absolute atomic E-state index is 3.64. The highest BCUT2D eigenvalue weighted by Crippen LogP contribution is 2.20. The van der Waals surface area contributed by atoms with Gasteiger partial charge in [-0.2, -0.15) is 0 Å². The molecule has 0 bridgehead atoms. The van der Waals surface area contributed by atoms with Crippen LogP contribution in [0.5, 0.6) is 0 Å². The Balaban J connectivity index is 2.23. The zero-order valence-corrected chi connectivity index (χ0v) is 12.1. The summed E-state index contributed by atoms with van der Waals surface area (Å²) in [6, 6.07) is 0.695. The van der Waals surface area contributed by atoms with Crippen LogP contribution in [-0.2, 0) is 0 Å². The van der Waals surface area contributed by atoms with Crippen molar-refractivity contribution in [2.75, 3.05) is 26.2 Å². The van der Waals surface area contributed by atoms with Gasteiger partial charge in [0.25, 0.3) is 0 Å². The van der Waals surface area contributed by atoms with Crippen molar-refractivity contribution in [3.8, 4) is 0 Å². The number of nitrogens with one attached hydrogen (secondary N) is 1. The first-order chi connectivity index (χ1) is 8.13. The lowest BCUT2D eigenvalue weighted by Gasteiger charge is -2.34. The van der Waals surface area contributed by atoms with Gasteiger partial charge in [0.1, 0.15) is 0 Å². The van der Waals surface area contributed by atoms with Gasteiger partial charge in [-0.3, -0.25) is 4.90 Å². The van der Waals surface area contributed by atoms with E-state index < -0.39 is 0 Å². The maximum Gasteiger partial charge on any atom is 0.0165 e. The summed E-state index contributed by atoms with van der Waals surface area (Å²) >= 11 is 0. The Morgan fingerprint density at radius 3 is 2.53 bits per heavy atom. The smallest absolute Gasteiger partial charge is 0.0165 e. The molecular weight excluding hydrogens is 208 g/mol. The summed E-state index contributed by atoms with van der Waals surface area (Å²) in [7, 11) is 0. The zero-order chi connectivity index (χ0) is 12.7. The number of nitrogens with zero attached hydrogens (tertiary/aromatic N) is 1. The van der Waals surface area contributed by atoms with E-state index in [9.17, 15) is 0 Å².